The minimum atomic E-state index is -3.81. The van der Waals surface area contributed by atoms with Gasteiger partial charge in [-0.15, -0.1) is 0 Å². The van der Waals surface area contributed by atoms with Crippen molar-refractivity contribution >= 4 is 21.1 Å². The molecule has 4 heterocycles. The third kappa shape index (κ3) is 4.14. The van der Waals surface area contributed by atoms with Gasteiger partial charge in [0.2, 0.25) is 0 Å². The molecule has 6 rings (SSSR count). The molecule has 0 N–H and O–H groups in total. The molecule has 0 bridgehead atoms. The van der Waals surface area contributed by atoms with Crippen molar-refractivity contribution in [2.75, 3.05) is 13.1 Å². The SMILES string of the molecule is Cn1cc(-c2cn(S(=O)(=O)c3ccccc3)c3ncc(C4CCC(N5CC[C@@H](F)C5)CC4)cc23)cn1. The molecule has 1 aromatic carbocycles. The topological polar surface area (TPSA) is 73.0 Å². The molecule has 2 aliphatic rings. The lowest BCUT2D eigenvalue weighted by atomic mass is 9.81. The van der Waals surface area contributed by atoms with Gasteiger partial charge in [-0.3, -0.25) is 9.58 Å². The van der Waals surface area contributed by atoms with Gasteiger partial charge in [0.1, 0.15) is 6.17 Å². The normalized spacial score (nSPS) is 23.4. The Morgan fingerprint density at radius 3 is 2.44 bits per heavy atom. The van der Waals surface area contributed by atoms with E-state index in [1.165, 1.54) is 3.97 Å². The molecule has 7 nitrogen and oxygen atoms in total. The highest BCUT2D eigenvalue weighted by Crippen LogP contribution is 2.39. The van der Waals surface area contributed by atoms with Gasteiger partial charge in [-0.1, -0.05) is 18.2 Å². The molecule has 1 aliphatic heterocycles. The number of halogens is 1. The van der Waals surface area contributed by atoms with Crippen molar-refractivity contribution in [1.29, 1.82) is 0 Å². The van der Waals surface area contributed by atoms with Crippen LogP contribution in [0.2, 0.25) is 0 Å². The summed E-state index contributed by atoms with van der Waals surface area (Å²) in [4.78, 5) is 7.24. The van der Waals surface area contributed by atoms with Crippen LogP contribution in [0.4, 0.5) is 4.39 Å². The molecular formula is C27H30FN5O2S. The Balaban J connectivity index is 1.36. The van der Waals surface area contributed by atoms with Crippen LogP contribution in [0.5, 0.6) is 0 Å². The molecule has 36 heavy (non-hydrogen) atoms. The van der Waals surface area contributed by atoms with Crippen molar-refractivity contribution < 1.29 is 12.8 Å². The summed E-state index contributed by atoms with van der Waals surface area (Å²) in [5, 5.41) is 5.11. The van der Waals surface area contributed by atoms with E-state index in [9.17, 15) is 12.8 Å². The molecule has 3 aromatic heterocycles. The average Bonchev–Trinajstić information content (AvgIpc) is 3.62. The highest BCUT2D eigenvalue weighted by molar-refractivity contribution is 7.90. The van der Waals surface area contributed by atoms with Crippen LogP contribution < -0.4 is 0 Å². The zero-order chi connectivity index (χ0) is 24.9. The van der Waals surface area contributed by atoms with Gasteiger partial charge in [-0.05, 0) is 61.8 Å². The van der Waals surface area contributed by atoms with E-state index in [1.807, 2.05) is 19.4 Å². The van der Waals surface area contributed by atoms with Crippen LogP contribution in [0.15, 0.2) is 66.1 Å². The fourth-order valence-electron chi connectivity index (χ4n) is 5.85. The van der Waals surface area contributed by atoms with Crippen LogP contribution in [0.25, 0.3) is 22.2 Å². The van der Waals surface area contributed by atoms with E-state index in [0.717, 1.165) is 54.3 Å². The van der Waals surface area contributed by atoms with E-state index in [2.05, 4.69) is 16.1 Å². The highest BCUT2D eigenvalue weighted by Gasteiger charge is 2.32. The zero-order valence-corrected chi connectivity index (χ0v) is 21.1. The summed E-state index contributed by atoms with van der Waals surface area (Å²) < 4.78 is 43.8. The number of aromatic nitrogens is 4. The summed E-state index contributed by atoms with van der Waals surface area (Å²) in [6.07, 6.45) is 11.3. The van der Waals surface area contributed by atoms with Crippen LogP contribution in [0.1, 0.15) is 43.6 Å². The maximum Gasteiger partial charge on any atom is 0.269 e. The Bertz CT molecular complexity index is 1490. The van der Waals surface area contributed by atoms with Gasteiger partial charge in [0.15, 0.2) is 5.65 Å². The second kappa shape index (κ2) is 9.12. The number of benzene rings is 1. The largest absolute Gasteiger partial charge is 0.297 e. The molecule has 1 saturated heterocycles. The number of pyridine rings is 1. The first-order chi connectivity index (χ1) is 17.4. The lowest BCUT2D eigenvalue weighted by Crippen LogP contribution is -2.36. The molecule has 1 aliphatic carbocycles. The summed E-state index contributed by atoms with van der Waals surface area (Å²) in [5.74, 6) is 0.359. The lowest BCUT2D eigenvalue weighted by molar-refractivity contribution is 0.170. The van der Waals surface area contributed by atoms with Crippen molar-refractivity contribution in [3.63, 3.8) is 0 Å². The van der Waals surface area contributed by atoms with Crippen molar-refractivity contribution in [1.82, 2.24) is 23.6 Å². The first-order valence-electron chi connectivity index (χ1n) is 12.6. The molecule has 0 radical (unpaired) electrons. The monoisotopic (exact) mass is 507 g/mol. The zero-order valence-electron chi connectivity index (χ0n) is 20.3. The van der Waals surface area contributed by atoms with Crippen LogP contribution in [-0.4, -0.2) is 57.4 Å². The molecule has 0 amide bonds. The summed E-state index contributed by atoms with van der Waals surface area (Å²) in [6.45, 7) is 1.43. The fraction of sp³-hybridized carbons (Fsp3) is 0.407. The van der Waals surface area contributed by atoms with E-state index in [0.29, 0.717) is 30.6 Å². The van der Waals surface area contributed by atoms with E-state index in [4.69, 9.17) is 4.98 Å². The molecule has 188 valence electrons. The summed E-state index contributed by atoms with van der Waals surface area (Å²) >= 11 is 0. The number of likely N-dealkylation sites (tertiary alicyclic amines) is 1. The molecule has 1 saturated carbocycles. The maximum absolute atomic E-state index is 13.7. The van der Waals surface area contributed by atoms with Crippen LogP contribution in [0, 0.1) is 0 Å². The second-order valence-electron chi connectivity index (χ2n) is 10.1. The third-order valence-electron chi connectivity index (χ3n) is 7.80. The second-order valence-corrected chi connectivity index (χ2v) is 11.9. The molecule has 1 atom stereocenters. The molecule has 9 heteroatoms. The number of aryl methyl sites for hydroxylation is 1. The molecular weight excluding hydrogens is 477 g/mol. The minimum absolute atomic E-state index is 0.223. The van der Waals surface area contributed by atoms with Gasteiger partial charge in [0.25, 0.3) is 10.0 Å². The van der Waals surface area contributed by atoms with Gasteiger partial charge in [0.05, 0.1) is 11.1 Å². The smallest absolute Gasteiger partial charge is 0.269 e. The summed E-state index contributed by atoms with van der Waals surface area (Å²) in [7, 11) is -1.97. The van der Waals surface area contributed by atoms with Crippen LogP contribution >= 0.6 is 0 Å². The number of hydrogen-bond donors (Lipinski definition) is 0. The Morgan fingerprint density at radius 2 is 1.78 bits per heavy atom. The molecule has 4 aromatic rings. The predicted molar refractivity (Wildman–Crippen MR) is 137 cm³/mol. The maximum atomic E-state index is 13.7. The Morgan fingerprint density at radius 1 is 1.00 bits per heavy atom. The number of rotatable bonds is 5. The molecule has 0 unspecified atom stereocenters. The first-order valence-corrected chi connectivity index (χ1v) is 14.0. The van der Waals surface area contributed by atoms with Gasteiger partial charge in [0, 0.05) is 61.3 Å². The molecule has 0 spiro atoms. The standard InChI is InChI=1S/C27H30FN5O2S/c1-31-16-21(15-30-31)26-18-33(36(34,35)24-5-3-2-4-6-24)27-25(26)13-20(14-29-27)19-7-9-23(10-8-19)32-12-11-22(28)17-32/h2-6,13-16,18-19,22-23H,7-12,17H2,1H3/t19?,22-,23?/m1/s1. The van der Waals surface area contributed by atoms with Gasteiger partial charge in [-0.25, -0.2) is 21.8 Å². The molecule has 2 fully saturated rings. The van der Waals surface area contributed by atoms with Crippen LogP contribution in [0.3, 0.4) is 0 Å². The summed E-state index contributed by atoms with van der Waals surface area (Å²) in [6, 6.07) is 11.0. The number of alkyl halides is 1. The number of hydrogen-bond acceptors (Lipinski definition) is 5. The highest BCUT2D eigenvalue weighted by atomic mass is 32.2. The summed E-state index contributed by atoms with van der Waals surface area (Å²) in [5.41, 5.74) is 3.20. The Labute approximate surface area is 210 Å². The van der Waals surface area contributed by atoms with Crippen LogP contribution in [-0.2, 0) is 17.1 Å². The Kier molecular flexibility index (Phi) is 5.92. The van der Waals surface area contributed by atoms with E-state index in [-0.39, 0.29) is 4.90 Å². The lowest BCUT2D eigenvalue weighted by Gasteiger charge is -2.34. The van der Waals surface area contributed by atoms with Gasteiger partial charge in [-0.2, -0.15) is 5.10 Å². The van der Waals surface area contributed by atoms with Crippen molar-refractivity contribution in [3.8, 4) is 11.1 Å². The van der Waals surface area contributed by atoms with Gasteiger partial charge >= 0.3 is 0 Å². The quantitative estimate of drug-likeness (QED) is 0.390. The predicted octanol–water partition coefficient (Wildman–Crippen LogP) is 4.74. The minimum Gasteiger partial charge on any atom is -0.297 e. The van der Waals surface area contributed by atoms with E-state index < -0.39 is 16.2 Å². The van der Waals surface area contributed by atoms with E-state index >= 15 is 0 Å². The van der Waals surface area contributed by atoms with Crippen molar-refractivity contribution in [2.45, 2.75) is 55.1 Å². The van der Waals surface area contributed by atoms with Crippen molar-refractivity contribution in [3.05, 3.63) is 66.7 Å². The third-order valence-corrected chi connectivity index (χ3v) is 9.46. The van der Waals surface area contributed by atoms with Crippen molar-refractivity contribution in [2.24, 2.45) is 7.05 Å². The van der Waals surface area contributed by atoms with E-state index in [1.54, 1.807) is 47.4 Å². The first kappa shape index (κ1) is 23.4. The van der Waals surface area contributed by atoms with Gasteiger partial charge < -0.3 is 0 Å². The number of nitrogens with zero attached hydrogens (tertiary/aromatic N) is 5. The average molecular weight is 508 g/mol. The Hall–Kier alpha value is -3.04. The fourth-order valence-corrected chi connectivity index (χ4v) is 7.19. The number of fused-ring (bicyclic) bond motifs is 1.